The molecule has 1 N–H and O–H groups in total. The molecule has 3 aromatic carbocycles. The van der Waals surface area contributed by atoms with Gasteiger partial charge in [-0.2, -0.15) is 5.10 Å². The van der Waals surface area contributed by atoms with Gasteiger partial charge in [0.05, 0.1) is 22.9 Å². The van der Waals surface area contributed by atoms with Gasteiger partial charge >= 0.3 is 5.91 Å². The number of benzene rings is 3. The summed E-state index contributed by atoms with van der Waals surface area (Å²) in [6.45, 7) is 4.82. The van der Waals surface area contributed by atoms with Crippen LogP contribution in [0.15, 0.2) is 70.2 Å². The summed E-state index contributed by atoms with van der Waals surface area (Å²) in [6, 6.07) is 18.3. The zero-order valence-corrected chi connectivity index (χ0v) is 20.1. The zero-order chi connectivity index (χ0) is 24.1. The van der Waals surface area contributed by atoms with Gasteiger partial charge in [0.15, 0.2) is 11.5 Å². The lowest BCUT2D eigenvalue weighted by Gasteiger charge is -2.11. The second kappa shape index (κ2) is 10.6. The maximum Gasteiger partial charge on any atom is 0.307 e. The molecule has 1 amide bonds. The monoisotopic (exact) mass is 496 g/mol. The van der Waals surface area contributed by atoms with Gasteiger partial charge in [0.2, 0.25) is 0 Å². The molecule has 8 heteroatoms. The number of hydrogen-bond donors (Lipinski definition) is 1. The SMILES string of the molecule is CCOc1ccc2oc(C(=O)N/N=C/c3cc(Cl)c(OCc4cccc(C)c4)c(Cl)c3)cc2c1. The van der Waals surface area contributed by atoms with E-state index in [1.807, 2.05) is 44.2 Å². The summed E-state index contributed by atoms with van der Waals surface area (Å²) >= 11 is 12.7. The van der Waals surface area contributed by atoms with Crippen LogP contribution in [0.1, 0.15) is 34.2 Å². The normalized spacial score (nSPS) is 11.2. The lowest BCUT2D eigenvalue weighted by atomic mass is 10.1. The average molecular weight is 497 g/mol. The van der Waals surface area contributed by atoms with Crippen molar-refractivity contribution in [1.29, 1.82) is 0 Å². The van der Waals surface area contributed by atoms with Crippen LogP contribution in [0.25, 0.3) is 11.0 Å². The van der Waals surface area contributed by atoms with E-state index >= 15 is 0 Å². The Morgan fingerprint density at radius 3 is 2.59 bits per heavy atom. The molecule has 174 valence electrons. The van der Waals surface area contributed by atoms with Gasteiger partial charge in [0.25, 0.3) is 0 Å². The topological polar surface area (TPSA) is 73.1 Å². The third-order valence-corrected chi connectivity index (χ3v) is 5.45. The molecule has 1 heterocycles. The van der Waals surface area contributed by atoms with Crippen molar-refractivity contribution in [3.05, 3.63) is 93.2 Å². The Hall–Kier alpha value is -3.48. The van der Waals surface area contributed by atoms with Crippen LogP contribution in [0.3, 0.4) is 0 Å². The fourth-order valence-corrected chi connectivity index (χ4v) is 3.97. The van der Waals surface area contributed by atoms with E-state index in [4.69, 9.17) is 37.1 Å². The number of rotatable bonds is 8. The number of furan rings is 1. The Balaban J connectivity index is 1.40. The number of nitrogens with zero attached hydrogens (tertiary/aromatic N) is 1. The van der Waals surface area contributed by atoms with Crippen molar-refractivity contribution < 1.29 is 18.7 Å². The minimum atomic E-state index is -0.485. The Kier molecular flexibility index (Phi) is 7.40. The Morgan fingerprint density at radius 2 is 1.85 bits per heavy atom. The Morgan fingerprint density at radius 1 is 1.06 bits per heavy atom. The first-order chi connectivity index (χ1) is 16.4. The van der Waals surface area contributed by atoms with Crippen molar-refractivity contribution in [2.45, 2.75) is 20.5 Å². The summed E-state index contributed by atoms with van der Waals surface area (Å²) in [4.78, 5) is 12.4. The summed E-state index contributed by atoms with van der Waals surface area (Å²) in [5.74, 6) is 0.748. The number of amides is 1. The third-order valence-electron chi connectivity index (χ3n) is 4.89. The summed E-state index contributed by atoms with van der Waals surface area (Å²) in [6.07, 6.45) is 1.44. The van der Waals surface area contributed by atoms with Crippen LogP contribution in [0.2, 0.25) is 10.0 Å². The van der Waals surface area contributed by atoms with Crippen LogP contribution in [0.5, 0.6) is 11.5 Å². The maximum absolute atomic E-state index is 12.4. The van der Waals surface area contributed by atoms with Gasteiger partial charge in [-0.25, -0.2) is 5.43 Å². The maximum atomic E-state index is 12.4. The average Bonchev–Trinajstić information content (AvgIpc) is 3.22. The van der Waals surface area contributed by atoms with Gasteiger partial charge in [0.1, 0.15) is 17.9 Å². The van der Waals surface area contributed by atoms with Crippen molar-refractivity contribution in [1.82, 2.24) is 5.43 Å². The smallest absolute Gasteiger partial charge is 0.307 e. The Labute approximate surface area is 207 Å². The van der Waals surface area contributed by atoms with Crippen LogP contribution >= 0.6 is 23.2 Å². The van der Waals surface area contributed by atoms with E-state index in [1.165, 1.54) is 6.21 Å². The van der Waals surface area contributed by atoms with Crippen LogP contribution < -0.4 is 14.9 Å². The van der Waals surface area contributed by atoms with E-state index in [2.05, 4.69) is 10.5 Å². The molecule has 0 radical (unpaired) electrons. The van der Waals surface area contributed by atoms with Crippen LogP contribution in [0.4, 0.5) is 0 Å². The molecular formula is C26H22Cl2N2O4. The van der Waals surface area contributed by atoms with Crippen molar-refractivity contribution in [2.24, 2.45) is 5.10 Å². The summed E-state index contributed by atoms with van der Waals surface area (Å²) in [7, 11) is 0. The predicted octanol–water partition coefficient (Wildman–Crippen LogP) is 6.79. The third kappa shape index (κ3) is 5.71. The number of halogens is 2. The number of hydrazone groups is 1. The summed E-state index contributed by atoms with van der Waals surface area (Å²) < 4.78 is 16.9. The first-order valence-corrected chi connectivity index (χ1v) is 11.4. The quantitative estimate of drug-likeness (QED) is 0.215. The van der Waals surface area contributed by atoms with Gasteiger partial charge in [0, 0.05) is 5.39 Å². The molecule has 0 atom stereocenters. The predicted molar refractivity (Wildman–Crippen MR) is 134 cm³/mol. The largest absolute Gasteiger partial charge is 0.494 e. The molecule has 0 saturated heterocycles. The lowest BCUT2D eigenvalue weighted by molar-refractivity contribution is 0.0929. The second-order valence-electron chi connectivity index (χ2n) is 7.53. The molecule has 0 saturated carbocycles. The van der Waals surface area contributed by atoms with E-state index in [0.29, 0.717) is 45.9 Å². The fraction of sp³-hybridized carbons (Fsp3) is 0.154. The molecule has 0 aliphatic heterocycles. The number of carbonyl (C=O) groups excluding carboxylic acids is 1. The van der Waals surface area contributed by atoms with E-state index in [1.54, 1.807) is 30.3 Å². The van der Waals surface area contributed by atoms with Crippen LogP contribution in [0, 0.1) is 6.92 Å². The molecule has 0 spiro atoms. The molecular weight excluding hydrogens is 475 g/mol. The van der Waals surface area contributed by atoms with E-state index in [0.717, 1.165) is 16.5 Å². The van der Waals surface area contributed by atoms with Crippen molar-refractivity contribution >= 4 is 46.3 Å². The number of nitrogens with one attached hydrogen (secondary N) is 1. The summed E-state index contributed by atoms with van der Waals surface area (Å²) in [5.41, 5.74) is 5.78. The molecule has 0 unspecified atom stereocenters. The van der Waals surface area contributed by atoms with Crippen molar-refractivity contribution in [3.63, 3.8) is 0 Å². The number of hydrogen-bond acceptors (Lipinski definition) is 5. The molecule has 34 heavy (non-hydrogen) atoms. The fourth-order valence-electron chi connectivity index (χ4n) is 3.36. The molecule has 0 fully saturated rings. The van der Waals surface area contributed by atoms with Gasteiger partial charge in [-0.05, 0) is 61.4 Å². The highest BCUT2D eigenvalue weighted by atomic mass is 35.5. The minimum Gasteiger partial charge on any atom is -0.494 e. The van der Waals surface area contributed by atoms with Gasteiger partial charge in [-0.15, -0.1) is 0 Å². The number of fused-ring (bicyclic) bond motifs is 1. The standard InChI is InChI=1S/C26H22Cl2N2O4/c1-3-32-20-7-8-23-19(12-20)13-24(34-23)26(31)30-29-14-18-10-21(27)25(22(28)11-18)33-15-17-6-4-5-16(2)9-17/h4-14H,3,15H2,1-2H3,(H,30,31)/b29-14+. The molecule has 6 nitrogen and oxygen atoms in total. The van der Waals surface area contributed by atoms with E-state index < -0.39 is 5.91 Å². The van der Waals surface area contributed by atoms with Gasteiger partial charge < -0.3 is 13.9 Å². The van der Waals surface area contributed by atoms with E-state index in [9.17, 15) is 4.79 Å². The zero-order valence-electron chi connectivity index (χ0n) is 18.6. The first kappa shape index (κ1) is 23.7. The molecule has 0 bridgehead atoms. The number of ether oxygens (including phenoxy) is 2. The van der Waals surface area contributed by atoms with E-state index in [-0.39, 0.29) is 5.76 Å². The summed E-state index contributed by atoms with van der Waals surface area (Å²) in [5, 5.41) is 5.43. The molecule has 4 aromatic rings. The molecule has 4 rings (SSSR count). The molecule has 0 aliphatic rings. The van der Waals surface area contributed by atoms with Crippen molar-refractivity contribution in [2.75, 3.05) is 6.61 Å². The molecule has 1 aromatic heterocycles. The minimum absolute atomic E-state index is 0.136. The van der Waals surface area contributed by atoms with Crippen LogP contribution in [-0.2, 0) is 6.61 Å². The van der Waals surface area contributed by atoms with Gasteiger partial charge in [-0.1, -0.05) is 53.0 Å². The van der Waals surface area contributed by atoms with Crippen molar-refractivity contribution in [3.8, 4) is 11.5 Å². The highest BCUT2D eigenvalue weighted by Gasteiger charge is 2.13. The highest BCUT2D eigenvalue weighted by molar-refractivity contribution is 6.37. The van der Waals surface area contributed by atoms with Gasteiger partial charge in [-0.3, -0.25) is 4.79 Å². The highest BCUT2D eigenvalue weighted by Crippen LogP contribution is 2.34. The first-order valence-electron chi connectivity index (χ1n) is 10.6. The number of aryl methyl sites for hydroxylation is 1. The lowest BCUT2D eigenvalue weighted by Crippen LogP contribution is -2.16. The second-order valence-corrected chi connectivity index (χ2v) is 8.35. The molecule has 0 aliphatic carbocycles. The van der Waals surface area contributed by atoms with Crippen LogP contribution in [-0.4, -0.2) is 18.7 Å². The Bertz CT molecular complexity index is 1340. The number of carbonyl (C=O) groups is 1.